The Morgan fingerprint density at radius 1 is 1.36 bits per heavy atom. The molecule has 0 aromatic rings. The Kier molecular flexibility index (Phi) is 2.80. The summed E-state index contributed by atoms with van der Waals surface area (Å²) in [4.78, 5) is 21.6. The average molecular weight is 202 g/mol. The Morgan fingerprint density at radius 2 is 1.93 bits per heavy atom. The second-order valence-corrected chi connectivity index (χ2v) is 4.00. The van der Waals surface area contributed by atoms with Gasteiger partial charge >= 0.3 is 11.9 Å². The van der Waals surface area contributed by atoms with Gasteiger partial charge in [0.25, 0.3) is 0 Å². The van der Waals surface area contributed by atoms with E-state index < -0.39 is 23.5 Å². The monoisotopic (exact) mass is 202 g/mol. The van der Waals surface area contributed by atoms with Gasteiger partial charge < -0.3 is 15.3 Å². The molecule has 80 valence electrons. The van der Waals surface area contributed by atoms with E-state index in [0.29, 0.717) is 6.42 Å². The van der Waals surface area contributed by atoms with Gasteiger partial charge in [-0.3, -0.25) is 4.79 Å². The lowest BCUT2D eigenvalue weighted by molar-refractivity contribution is -0.180. The molecular weight excluding hydrogens is 188 g/mol. The van der Waals surface area contributed by atoms with Crippen LogP contribution >= 0.6 is 0 Å². The molecule has 0 radical (unpaired) electrons. The van der Waals surface area contributed by atoms with E-state index >= 15 is 0 Å². The quantitative estimate of drug-likeness (QED) is 0.599. The molecule has 0 heterocycles. The van der Waals surface area contributed by atoms with Gasteiger partial charge in [-0.2, -0.15) is 0 Å². The fourth-order valence-electron chi connectivity index (χ4n) is 1.92. The fourth-order valence-corrected chi connectivity index (χ4v) is 1.92. The molecule has 0 aromatic carbocycles. The molecule has 5 heteroatoms. The van der Waals surface area contributed by atoms with E-state index in [9.17, 15) is 14.7 Å². The van der Waals surface area contributed by atoms with Crippen molar-refractivity contribution in [1.29, 1.82) is 0 Å². The van der Waals surface area contributed by atoms with Crippen molar-refractivity contribution in [3.8, 4) is 0 Å². The topological polar surface area (TPSA) is 94.8 Å². The molecule has 0 aliphatic heterocycles. The van der Waals surface area contributed by atoms with E-state index in [-0.39, 0.29) is 18.8 Å². The number of carbonyl (C=O) groups is 2. The summed E-state index contributed by atoms with van der Waals surface area (Å²) in [6.07, 6.45) is 0.783. The standard InChI is InChI=1S/C9H14O5/c1-5-2-3-9(14,8(12)13)6(4-5)7(10)11/h5-6,14H,2-4H2,1H3,(H,10,11)(H,12,13). The Morgan fingerprint density at radius 3 is 2.36 bits per heavy atom. The molecule has 0 saturated heterocycles. The van der Waals surface area contributed by atoms with Gasteiger partial charge in [-0.15, -0.1) is 0 Å². The molecule has 1 aliphatic carbocycles. The van der Waals surface area contributed by atoms with Gasteiger partial charge in [0.2, 0.25) is 0 Å². The highest BCUT2D eigenvalue weighted by atomic mass is 16.4. The lowest BCUT2D eigenvalue weighted by Gasteiger charge is -2.36. The lowest BCUT2D eigenvalue weighted by atomic mass is 9.71. The van der Waals surface area contributed by atoms with Crippen LogP contribution in [-0.2, 0) is 9.59 Å². The van der Waals surface area contributed by atoms with Gasteiger partial charge in [0, 0.05) is 0 Å². The first-order chi connectivity index (χ1) is 6.38. The third-order valence-electron chi connectivity index (χ3n) is 2.90. The number of rotatable bonds is 2. The zero-order valence-electron chi connectivity index (χ0n) is 7.93. The molecular formula is C9H14O5. The molecule has 0 bridgehead atoms. The van der Waals surface area contributed by atoms with E-state index in [0.717, 1.165) is 0 Å². The van der Waals surface area contributed by atoms with Crippen LogP contribution in [0.2, 0.25) is 0 Å². The SMILES string of the molecule is CC1CCC(O)(C(=O)O)C(C(=O)O)C1. The van der Waals surface area contributed by atoms with Gasteiger partial charge in [-0.1, -0.05) is 6.92 Å². The van der Waals surface area contributed by atoms with E-state index in [4.69, 9.17) is 10.2 Å². The number of carboxylic acid groups (broad SMARTS) is 2. The van der Waals surface area contributed by atoms with E-state index in [2.05, 4.69) is 0 Å². The molecule has 1 rings (SSSR count). The Balaban J connectivity index is 2.93. The Hall–Kier alpha value is -1.10. The van der Waals surface area contributed by atoms with Gasteiger partial charge in [0.15, 0.2) is 5.60 Å². The van der Waals surface area contributed by atoms with Crippen molar-refractivity contribution in [1.82, 2.24) is 0 Å². The number of aliphatic carboxylic acids is 2. The first kappa shape index (κ1) is 11.0. The summed E-state index contributed by atoms with van der Waals surface area (Å²) < 4.78 is 0. The second kappa shape index (κ2) is 3.57. The van der Waals surface area contributed by atoms with Crippen molar-refractivity contribution in [2.75, 3.05) is 0 Å². The molecule has 3 atom stereocenters. The van der Waals surface area contributed by atoms with Crippen molar-refractivity contribution in [2.24, 2.45) is 11.8 Å². The summed E-state index contributed by atoms with van der Waals surface area (Å²) >= 11 is 0. The average Bonchev–Trinajstić information content (AvgIpc) is 2.08. The molecule has 5 nitrogen and oxygen atoms in total. The lowest BCUT2D eigenvalue weighted by Crippen LogP contribution is -2.52. The van der Waals surface area contributed by atoms with E-state index in [1.54, 1.807) is 0 Å². The van der Waals surface area contributed by atoms with Crippen LogP contribution in [0.5, 0.6) is 0 Å². The summed E-state index contributed by atoms with van der Waals surface area (Å²) in [6.45, 7) is 1.86. The van der Waals surface area contributed by atoms with Gasteiger partial charge in [-0.25, -0.2) is 4.79 Å². The van der Waals surface area contributed by atoms with Crippen LogP contribution in [0.25, 0.3) is 0 Å². The first-order valence-electron chi connectivity index (χ1n) is 4.56. The summed E-state index contributed by atoms with van der Waals surface area (Å²) in [6, 6.07) is 0. The fraction of sp³-hybridized carbons (Fsp3) is 0.778. The predicted octanol–water partition coefficient (Wildman–Crippen LogP) is 0.323. The van der Waals surface area contributed by atoms with E-state index in [1.807, 2.05) is 6.92 Å². The minimum Gasteiger partial charge on any atom is -0.481 e. The van der Waals surface area contributed by atoms with Crippen LogP contribution in [0.15, 0.2) is 0 Å². The van der Waals surface area contributed by atoms with Crippen molar-refractivity contribution in [2.45, 2.75) is 31.8 Å². The molecule has 3 unspecified atom stereocenters. The number of aliphatic hydroxyl groups is 1. The Labute approximate surface area is 81.4 Å². The van der Waals surface area contributed by atoms with Crippen molar-refractivity contribution < 1.29 is 24.9 Å². The molecule has 3 N–H and O–H groups in total. The van der Waals surface area contributed by atoms with Crippen LogP contribution in [0, 0.1) is 11.8 Å². The van der Waals surface area contributed by atoms with Gasteiger partial charge in [0.05, 0.1) is 5.92 Å². The third-order valence-corrected chi connectivity index (χ3v) is 2.90. The van der Waals surface area contributed by atoms with E-state index in [1.165, 1.54) is 0 Å². The first-order valence-corrected chi connectivity index (χ1v) is 4.56. The van der Waals surface area contributed by atoms with Crippen molar-refractivity contribution >= 4 is 11.9 Å². The molecule has 14 heavy (non-hydrogen) atoms. The minimum absolute atomic E-state index is 0.0144. The molecule has 0 aromatic heterocycles. The number of hydrogen-bond donors (Lipinski definition) is 3. The van der Waals surface area contributed by atoms with Crippen molar-refractivity contribution in [3.63, 3.8) is 0 Å². The van der Waals surface area contributed by atoms with Gasteiger partial charge in [0.1, 0.15) is 0 Å². The maximum Gasteiger partial charge on any atom is 0.336 e. The molecule has 0 spiro atoms. The van der Waals surface area contributed by atoms with Gasteiger partial charge in [-0.05, 0) is 25.2 Å². The summed E-state index contributed by atoms with van der Waals surface area (Å²) in [5.41, 5.74) is -2.08. The summed E-state index contributed by atoms with van der Waals surface area (Å²) in [5, 5.41) is 27.3. The molecule has 1 aliphatic rings. The largest absolute Gasteiger partial charge is 0.481 e. The Bertz CT molecular complexity index is 262. The summed E-state index contributed by atoms with van der Waals surface area (Å²) in [7, 11) is 0. The minimum atomic E-state index is -2.08. The van der Waals surface area contributed by atoms with Crippen molar-refractivity contribution in [3.05, 3.63) is 0 Å². The smallest absolute Gasteiger partial charge is 0.336 e. The van der Waals surface area contributed by atoms with Crippen LogP contribution < -0.4 is 0 Å². The maximum atomic E-state index is 10.8. The summed E-state index contributed by atoms with van der Waals surface area (Å²) in [5.74, 6) is -3.71. The molecule has 0 amide bonds. The molecule has 1 fully saturated rings. The van der Waals surface area contributed by atoms with Crippen LogP contribution in [0.1, 0.15) is 26.2 Å². The third kappa shape index (κ3) is 1.72. The highest BCUT2D eigenvalue weighted by Gasteiger charge is 2.50. The predicted molar refractivity (Wildman–Crippen MR) is 46.7 cm³/mol. The normalized spacial score (nSPS) is 37.9. The highest BCUT2D eigenvalue weighted by molar-refractivity contribution is 5.85. The molecule has 1 saturated carbocycles. The number of carboxylic acids is 2. The zero-order chi connectivity index (χ0) is 10.9. The highest BCUT2D eigenvalue weighted by Crippen LogP contribution is 2.37. The van der Waals surface area contributed by atoms with Crippen LogP contribution in [0.4, 0.5) is 0 Å². The van der Waals surface area contributed by atoms with Crippen LogP contribution in [-0.4, -0.2) is 32.9 Å². The maximum absolute atomic E-state index is 10.8. The second-order valence-electron chi connectivity index (χ2n) is 4.00. The number of hydrogen-bond acceptors (Lipinski definition) is 3. The zero-order valence-corrected chi connectivity index (χ0v) is 7.93. The van der Waals surface area contributed by atoms with Crippen LogP contribution in [0.3, 0.4) is 0 Å².